The number of aromatic nitrogens is 4. The molecule has 166 valence electrons. The molecule has 0 unspecified atom stereocenters. The molecule has 0 aliphatic rings. The Morgan fingerprint density at radius 3 is 2.50 bits per heavy atom. The van der Waals surface area contributed by atoms with Crippen molar-refractivity contribution >= 4 is 27.1 Å². The second-order valence-electron chi connectivity index (χ2n) is 7.38. The lowest BCUT2D eigenvalue weighted by atomic mass is 10.2. The number of rotatable bonds is 7. The zero-order chi connectivity index (χ0) is 22.8. The van der Waals surface area contributed by atoms with E-state index in [1.807, 2.05) is 55.5 Å². The predicted molar refractivity (Wildman–Crippen MR) is 125 cm³/mol. The molecule has 0 amide bonds. The normalized spacial score (nSPS) is 11.2. The topological polar surface area (TPSA) is 80.3 Å². The van der Waals surface area contributed by atoms with Gasteiger partial charge in [0.05, 0.1) is 13.2 Å². The number of nitrogens with zero attached hydrogens (tertiary/aromatic N) is 4. The van der Waals surface area contributed by atoms with Gasteiger partial charge in [0.1, 0.15) is 5.75 Å². The predicted octanol–water partition coefficient (Wildman–Crippen LogP) is 3.57. The van der Waals surface area contributed by atoms with E-state index in [9.17, 15) is 9.59 Å². The number of fused-ring (bicyclic) bond motifs is 1. The van der Waals surface area contributed by atoms with Crippen LogP contribution in [0.3, 0.4) is 0 Å². The Hall–Kier alpha value is -3.17. The van der Waals surface area contributed by atoms with Gasteiger partial charge in [0.15, 0.2) is 11.2 Å². The van der Waals surface area contributed by atoms with E-state index >= 15 is 0 Å². The first-order valence-corrected chi connectivity index (χ1v) is 10.9. The van der Waals surface area contributed by atoms with Crippen molar-refractivity contribution in [1.82, 2.24) is 18.7 Å². The monoisotopic (exact) mass is 498 g/mol. The van der Waals surface area contributed by atoms with Crippen LogP contribution < -0.4 is 16.0 Å². The average Bonchev–Trinajstić information content (AvgIpc) is 3.13. The lowest BCUT2D eigenvalue weighted by Gasteiger charge is -2.11. The number of hydrogen-bond acceptors (Lipinski definition) is 5. The maximum absolute atomic E-state index is 13.0. The van der Waals surface area contributed by atoms with Crippen LogP contribution in [-0.2, 0) is 32.0 Å². The van der Waals surface area contributed by atoms with Gasteiger partial charge in [-0.2, -0.15) is 4.98 Å². The molecule has 2 heterocycles. The molecule has 4 rings (SSSR count). The molecule has 8 nitrogen and oxygen atoms in total. The van der Waals surface area contributed by atoms with E-state index < -0.39 is 11.2 Å². The summed E-state index contributed by atoms with van der Waals surface area (Å²) >= 11 is 3.48. The molecular formula is C23H23BrN4O4. The van der Waals surface area contributed by atoms with Crippen molar-refractivity contribution in [3.05, 3.63) is 85.0 Å². The van der Waals surface area contributed by atoms with E-state index in [1.165, 1.54) is 11.6 Å². The summed E-state index contributed by atoms with van der Waals surface area (Å²) in [5, 5.41) is 0. The third kappa shape index (κ3) is 4.26. The molecule has 4 aromatic rings. The molecule has 32 heavy (non-hydrogen) atoms. The van der Waals surface area contributed by atoms with Gasteiger partial charge in [-0.15, -0.1) is 0 Å². The van der Waals surface area contributed by atoms with E-state index in [1.54, 1.807) is 11.6 Å². The second kappa shape index (κ2) is 9.13. The van der Waals surface area contributed by atoms with Crippen molar-refractivity contribution < 1.29 is 9.47 Å². The summed E-state index contributed by atoms with van der Waals surface area (Å²) in [5.41, 5.74) is 1.61. The third-order valence-corrected chi connectivity index (χ3v) is 5.62. The van der Waals surface area contributed by atoms with Crippen LogP contribution in [-0.4, -0.2) is 25.3 Å². The van der Waals surface area contributed by atoms with Crippen molar-refractivity contribution in [3.8, 4) is 11.8 Å². The highest BCUT2D eigenvalue weighted by Crippen LogP contribution is 2.26. The second-order valence-corrected chi connectivity index (χ2v) is 8.29. The maximum Gasteiger partial charge on any atom is 0.332 e. The third-order valence-electron chi connectivity index (χ3n) is 5.12. The molecule has 0 N–H and O–H groups in total. The lowest BCUT2D eigenvalue weighted by Crippen LogP contribution is -2.37. The summed E-state index contributed by atoms with van der Waals surface area (Å²) in [5.74, 6) is 0.565. The first-order chi connectivity index (χ1) is 15.4. The van der Waals surface area contributed by atoms with Gasteiger partial charge < -0.3 is 9.47 Å². The molecule has 0 bridgehead atoms. The lowest BCUT2D eigenvalue weighted by molar-refractivity contribution is 0.134. The number of hydrogen-bond donors (Lipinski definition) is 0. The molecule has 0 fully saturated rings. The van der Waals surface area contributed by atoms with E-state index in [-0.39, 0.29) is 11.7 Å². The molecule has 9 heteroatoms. The molecule has 0 aliphatic carbocycles. The summed E-state index contributed by atoms with van der Waals surface area (Å²) in [6.45, 7) is 3.37. The van der Waals surface area contributed by atoms with Gasteiger partial charge in [-0.05, 0) is 42.3 Å². The fraction of sp³-hybridized carbons (Fsp3) is 0.261. The molecule has 2 aromatic heterocycles. The van der Waals surface area contributed by atoms with Crippen LogP contribution in [0.5, 0.6) is 11.8 Å². The number of ether oxygens (including phenoxy) is 2. The average molecular weight is 499 g/mol. The highest BCUT2D eigenvalue weighted by molar-refractivity contribution is 9.10. The van der Waals surface area contributed by atoms with E-state index in [4.69, 9.17) is 9.47 Å². The minimum absolute atomic E-state index is 0.229. The van der Waals surface area contributed by atoms with Crippen LogP contribution in [0.2, 0.25) is 0 Å². The Morgan fingerprint density at radius 1 is 1.00 bits per heavy atom. The fourth-order valence-electron chi connectivity index (χ4n) is 3.49. The Morgan fingerprint density at radius 2 is 1.75 bits per heavy atom. The van der Waals surface area contributed by atoms with E-state index in [0.717, 1.165) is 20.2 Å². The standard InChI is InChI=1S/C23H23BrN4O4/c1-4-31-14-16-8-6-10-18(12-16)32-22-25-20-19(21(29)27(3)23(30)26(20)2)28(22)13-15-7-5-9-17(24)11-15/h5-12H,4,13-14H2,1-3H3. The van der Waals surface area contributed by atoms with Gasteiger partial charge >= 0.3 is 11.7 Å². The zero-order valence-electron chi connectivity index (χ0n) is 18.0. The van der Waals surface area contributed by atoms with Crippen LogP contribution in [0.25, 0.3) is 11.2 Å². The zero-order valence-corrected chi connectivity index (χ0v) is 19.6. The Balaban J connectivity index is 1.86. The van der Waals surface area contributed by atoms with Crippen LogP contribution in [0, 0.1) is 0 Å². The van der Waals surface area contributed by atoms with Crippen LogP contribution in [0.1, 0.15) is 18.1 Å². The molecule has 2 aromatic carbocycles. The Bertz CT molecular complexity index is 1400. The molecule has 0 saturated carbocycles. The van der Waals surface area contributed by atoms with Gasteiger partial charge in [-0.3, -0.25) is 18.5 Å². The number of imidazole rings is 1. The fourth-order valence-corrected chi connectivity index (χ4v) is 3.94. The van der Waals surface area contributed by atoms with Crippen LogP contribution in [0.15, 0.2) is 62.6 Å². The molecule has 0 aliphatic heterocycles. The summed E-state index contributed by atoms with van der Waals surface area (Å²) < 4.78 is 16.7. The highest BCUT2D eigenvalue weighted by Gasteiger charge is 2.21. The van der Waals surface area contributed by atoms with Crippen LogP contribution >= 0.6 is 15.9 Å². The molecule has 0 radical (unpaired) electrons. The largest absolute Gasteiger partial charge is 0.425 e. The molecule has 0 spiro atoms. The quantitative estimate of drug-likeness (QED) is 0.389. The first kappa shape index (κ1) is 22.0. The van der Waals surface area contributed by atoms with Crippen molar-refractivity contribution in [1.29, 1.82) is 0 Å². The van der Waals surface area contributed by atoms with Gasteiger partial charge in [-0.25, -0.2) is 4.79 Å². The summed E-state index contributed by atoms with van der Waals surface area (Å²) in [6.07, 6.45) is 0. The minimum atomic E-state index is -0.445. The summed E-state index contributed by atoms with van der Waals surface area (Å²) in [6, 6.07) is 15.5. The molecule has 0 atom stereocenters. The van der Waals surface area contributed by atoms with Crippen molar-refractivity contribution in [2.24, 2.45) is 14.1 Å². The van der Waals surface area contributed by atoms with E-state index in [2.05, 4.69) is 20.9 Å². The first-order valence-electron chi connectivity index (χ1n) is 10.1. The van der Waals surface area contributed by atoms with Gasteiger partial charge in [0.25, 0.3) is 5.56 Å². The SMILES string of the molecule is CCOCc1cccc(Oc2nc3c(c(=O)n(C)c(=O)n3C)n2Cc2cccc(Br)c2)c1. The highest BCUT2D eigenvalue weighted by atomic mass is 79.9. The van der Waals surface area contributed by atoms with Crippen molar-refractivity contribution in [2.75, 3.05) is 6.61 Å². The minimum Gasteiger partial charge on any atom is -0.425 e. The molecular weight excluding hydrogens is 476 g/mol. The summed E-state index contributed by atoms with van der Waals surface area (Å²) in [7, 11) is 3.05. The van der Waals surface area contributed by atoms with Gasteiger partial charge in [-0.1, -0.05) is 40.2 Å². The number of benzene rings is 2. The number of halogens is 1. The number of aryl methyl sites for hydroxylation is 1. The maximum atomic E-state index is 13.0. The molecule has 0 saturated heterocycles. The van der Waals surface area contributed by atoms with Crippen LogP contribution in [0.4, 0.5) is 0 Å². The van der Waals surface area contributed by atoms with Gasteiger partial charge in [0, 0.05) is 25.2 Å². The Labute approximate surface area is 192 Å². The smallest absolute Gasteiger partial charge is 0.332 e. The Kier molecular flexibility index (Phi) is 6.29. The van der Waals surface area contributed by atoms with Crippen molar-refractivity contribution in [3.63, 3.8) is 0 Å². The van der Waals surface area contributed by atoms with Gasteiger partial charge in [0.2, 0.25) is 0 Å². The van der Waals surface area contributed by atoms with Crippen molar-refractivity contribution in [2.45, 2.75) is 20.1 Å². The summed E-state index contributed by atoms with van der Waals surface area (Å²) in [4.78, 5) is 30.0. The van der Waals surface area contributed by atoms with E-state index in [0.29, 0.717) is 31.0 Å².